The van der Waals surface area contributed by atoms with Crippen LogP contribution in [0, 0.1) is 0 Å². The van der Waals surface area contributed by atoms with Gasteiger partial charge in [0, 0.05) is 25.0 Å². The lowest BCUT2D eigenvalue weighted by atomic mass is 10.1. The normalized spacial score (nSPS) is 17.9. The fourth-order valence-electron chi connectivity index (χ4n) is 2.63. The van der Waals surface area contributed by atoms with E-state index in [-0.39, 0.29) is 5.60 Å². The van der Waals surface area contributed by atoms with Crippen molar-refractivity contribution in [2.75, 3.05) is 20.1 Å². The fourth-order valence-corrected chi connectivity index (χ4v) is 4.05. The van der Waals surface area contributed by atoms with E-state index in [0.717, 1.165) is 38.4 Å². The summed E-state index contributed by atoms with van der Waals surface area (Å²) in [5.41, 5.74) is -0.0562. The van der Waals surface area contributed by atoms with Crippen molar-refractivity contribution in [3.63, 3.8) is 0 Å². The van der Waals surface area contributed by atoms with Gasteiger partial charge in [-0.1, -0.05) is 0 Å². The second-order valence-electron chi connectivity index (χ2n) is 6.52. The van der Waals surface area contributed by atoms with E-state index < -0.39 is 0 Å². The summed E-state index contributed by atoms with van der Waals surface area (Å²) in [7, 11) is 1.85. The molecule has 0 saturated carbocycles. The van der Waals surface area contributed by atoms with Crippen LogP contribution in [0.3, 0.4) is 0 Å². The summed E-state index contributed by atoms with van der Waals surface area (Å²) in [4.78, 5) is 8.05. The van der Waals surface area contributed by atoms with Gasteiger partial charge in [-0.15, -0.1) is 11.3 Å². The van der Waals surface area contributed by atoms with Crippen molar-refractivity contribution in [1.82, 2.24) is 10.2 Å². The molecule has 0 aromatic carbocycles. The molecule has 1 N–H and O–H groups in total. The predicted molar refractivity (Wildman–Crippen MR) is 97.7 cm³/mol. The fraction of sp³-hybridized carbons (Fsp3) is 0.688. The minimum absolute atomic E-state index is 0.0562. The molecule has 1 aromatic heterocycles. The molecular formula is C16H26BrN3OS. The molecule has 0 unspecified atom stereocenters. The molecule has 1 fully saturated rings. The van der Waals surface area contributed by atoms with Gasteiger partial charge < -0.3 is 15.0 Å². The van der Waals surface area contributed by atoms with Gasteiger partial charge in [0.25, 0.3) is 0 Å². The van der Waals surface area contributed by atoms with E-state index in [1.807, 2.05) is 7.05 Å². The Hall–Kier alpha value is -0.590. The number of halogens is 1. The molecule has 1 aliphatic heterocycles. The van der Waals surface area contributed by atoms with Gasteiger partial charge in [-0.25, -0.2) is 0 Å². The maximum atomic E-state index is 6.08. The summed E-state index contributed by atoms with van der Waals surface area (Å²) in [6.07, 6.45) is 2.48. The summed E-state index contributed by atoms with van der Waals surface area (Å²) in [6, 6.07) is 4.22. The molecule has 124 valence electrons. The van der Waals surface area contributed by atoms with Gasteiger partial charge in [-0.2, -0.15) is 0 Å². The number of likely N-dealkylation sites (tertiary alicyclic amines) is 1. The number of rotatable bonds is 3. The second-order valence-corrected chi connectivity index (χ2v) is 9.07. The van der Waals surface area contributed by atoms with Crippen LogP contribution in [0.15, 0.2) is 20.9 Å². The van der Waals surface area contributed by atoms with Crippen LogP contribution in [-0.4, -0.2) is 42.7 Å². The third-order valence-electron chi connectivity index (χ3n) is 3.52. The third-order valence-corrected chi connectivity index (χ3v) is 5.15. The summed E-state index contributed by atoms with van der Waals surface area (Å²) >= 11 is 5.25. The van der Waals surface area contributed by atoms with Crippen molar-refractivity contribution < 1.29 is 4.74 Å². The van der Waals surface area contributed by atoms with Gasteiger partial charge >= 0.3 is 0 Å². The van der Waals surface area contributed by atoms with Crippen molar-refractivity contribution in [1.29, 1.82) is 0 Å². The lowest BCUT2D eigenvalue weighted by molar-refractivity contribution is -0.0772. The lowest BCUT2D eigenvalue weighted by Gasteiger charge is -2.36. The Morgan fingerprint density at radius 2 is 2.09 bits per heavy atom. The zero-order chi connectivity index (χ0) is 16.2. The van der Waals surface area contributed by atoms with Gasteiger partial charge in [0.1, 0.15) is 0 Å². The van der Waals surface area contributed by atoms with Gasteiger partial charge in [-0.3, -0.25) is 4.99 Å². The van der Waals surface area contributed by atoms with Crippen molar-refractivity contribution in [3.05, 3.63) is 20.8 Å². The average Bonchev–Trinajstić information content (AvgIpc) is 2.85. The van der Waals surface area contributed by atoms with E-state index in [4.69, 9.17) is 4.74 Å². The summed E-state index contributed by atoms with van der Waals surface area (Å²) in [5.74, 6) is 0.985. The van der Waals surface area contributed by atoms with Crippen LogP contribution in [0.4, 0.5) is 0 Å². The van der Waals surface area contributed by atoms with Gasteiger partial charge in [-0.05, 0) is 61.7 Å². The van der Waals surface area contributed by atoms with Crippen molar-refractivity contribution in [2.24, 2.45) is 4.99 Å². The maximum absolute atomic E-state index is 6.08. The Kier molecular flexibility index (Phi) is 6.29. The molecule has 0 amide bonds. The molecule has 0 bridgehead atoms. The minimum Gasteiger partial charge on any atom is -0.372 e. The SMILES string of the molecule is CN=C(NCc1ccc(Br)s1)N1CCC(OC(C)(C)C)CC1. The molecule has 0 radical (unpaired) electrons. The molecule has 22 heavy (non-hydrogen) atoms. The van der Waals surface area contributed by atoms with E-state index in [2.05, 4.69) is 64.0 Å². The van der Waals surface area contributed by atoms with Crippen LogP contribution in [0.25, 0.3) is 0 Å². The van der Waals surface area contributed by atoms with Crippen molar-refractivity contribution >= 4 is 33.2 Å². The standard InChI is InChI=1S/C16H26BrN3OS/c1-16(2,3)21-12-7-9-20(10-8-12)15(18-4)19-11-13-5-6-14(17)22-13/h5-6,12H,7-11H2,1-4H3,(H,18,19). The smallest absolute Gasteiger partial charge is 0.193 e. The summed E-state index contributed by atoms with van der Waals surface area (Å²) in [5, 5.41) is 3.46. The van der Waals surface area contributed by atoms with Gasteiger partial charge in [0.05, 0.1) is 22.0 Å². The third kappa shape index (κ3) is 5.56. The largest absolute Gasteiger partial charge is 0.372 e. The van der Waals surface area contributed by atoms with E-state index in [0.29, 0.717) is 6.10 Å². The van der Waals surface area contributed by atoms with E-state index in [9.17, 15) is 0 Å². The highest BCUT2D eigenvalue weighted by Gasteiger charge is 2.25. The molecule has 1 saturated heterocycles. The number of nitrogens with zero attached hydrogens (tertiary/aromatic N) is 2. The molecule has 2 heterocycles. The molecule has 0 atom stereocenters. The van der Waals surface area contributed by atoms with Crippen LogP contribution < -0.4 is 5.32 Å². The number of ether oxygens (including phenoxy) is 1. The Morgan fingerprint density at radius 3 is 2.59 bits per heavy atom. The average molecular weight is 388 g/mol. The molecular weight excluding hydrogens is 362 g/mol. The molecule has 4 nitrogen and oxygen atoms in total. The summed E-state index contributed by atoms with van der Waals surface area (Å²) < 4.78 is 7.25. The number of piperidine rings is 1. The Bertz CT molecular complexity index is 502. The van der Waals surface area contributed by atoms with E-state index in [1.54, 1.807) is 11.3 Å². The molecule has 0 spiro atoms. The van der Waals surface area contributed by atoms with Crippen molar-refractivity contribution in [2.45, 2.75) is 51.9 Å². The molecule has 2 rings (SSSR count). The quantitative estimate of drug-likeness (QED) is 0.631. The van der Waals surface area contributed by atoms with Gasteiger partial charge in [0.2, 0.25) is 0 Å². The number of guanidine groups is 1. The number of thiophene rings is 1. The van der Waals surface area contributed by atoms with E-state index >= 15 is 0 Å². The number of aliphatic imine (C=N–C) groups is 1. The molecule has 1 aliphatic rings. The highest BCUT2D eigenvalue weighted by Crippen LogP contribution is 2.22. The zero-order valence-electron chi connectivity index (χ0n) is 13.9. The van der Waals surface area contributed by atoms with Crippen LogP contribution in [0.1, 0.15) is 38.5 Å². The Balaban J connectivity index is 1.81. The van der Waals surface area contributed by atoms with Crippen LogP contribution in [-0.2, 0) is 11.3 Å². The van der Waals surface area contributed by atoms with Crippen LogP contribution in [0.5, 0.6) is 0 Å². The number of hydrogen-bond acceptors (Lipinski definition) is 3. The number of nitrogens with one attached hydrogen (secondary N) is 1. The topological polar surface area (TPSA) is 36.9 Å². The predicted octanol–water partition coefficient (Wildman–Crippen LogP) is 3.87. The van der Waals surface area contributed by atoms with Crippen LogP contribution in [0.2, 0.25) is 0 Å². The first-order chi connectivity index (χ1) is 10.4. The molecule has 0 aliphatic carbocycles. The second kappa shape index (κ2) is 7.79. The first-order valence-corrected chi connectivity index (χ1v) is 9.36. The Labute approximate surface area is 146 Å². The summed E-state index contributed by atoms with van der Waals surface area (Å²) in [6.45, 7) is 9.18. The lowest BCUT2D eigenvalue weighted by Crippen LogP contribution is -2.47. The van der Waals surface area contributed by atoms with Gasteiger partial charge in [0.15, 0.2) is 5.96 Å². The Morgan fingerprint density at radius 1 is 1.41 bits per heavy atom. The molecule has 1 aromatic rings. The van der Waals surface area contributed by atoms with Crippen molar-refractivity contribution in [3.8, 4) is 0 Å². The molecule has 6 heteroatoms. The minimum atomic E-state index is -0.0562. The highest BCUT2D eigenvalue weighted by atomic mass is 79.9. The first-order valence-electron chi connectivity index (χ1n) is 7.75. The maximum Gasteiger partial charge on any atom is 0.193 e. The zero-order valence-corrected chi connectivity index (χ0v) is 16.3. The van der Waals surface area contributed by atoms with Crippen LogP contribution >= 0.6 is 27.3 Å². The highest BCUT2D eigenvalue weighted by molar-refractivity contribution is 9.11. The number of hydrogen-bond donors (Lipinski definition) is 1. The monoisotopic (exact) mass is 387 g/mol. The first kappa shape index (κ1) is 17.8. The van der Waals surface area contributed by atoms with E-state index in [1.165, 1.54) is 8.66 Å².